The van der Waals surface area contributed by atoms with E-state index < -0.39 is 25.6 Å². The molecule has 3 nitrogen and oxygen atoms in total. The summed E-state index contributed by atoms with van der Waals surface area (Å²) in [6.45, 7) is 19.7. The molecule has 42 heavy (non-hydrogen) atoms. The van der Waals surface area contributed by atoms with Crippen LogP contribution in [0.5, 0.6) is 0 Å². The van der Waals surface area contributed by atoms with Crippen LogP contribution in [0.1, 0.15) is 119 Å². The van der Waals surface area contributed by atoms with Gasteiger partial charge in [-0.3, -0.25) is 0 Å². The van der Waals surface area contributed by atoms with Crippen molar-refractivity contribution in [3.05, 3.63) is 40.2 Å². The Morgan fingerprint density at radius 2 is 0.690 bits per heavy atom. The Labute approximate surface area is 274 Å². The first-order valence-corrected chi connectivity index (χ1v) is 17.4. The summed E-state index contributed by atoms with van der Waals surface area (Å²) in [5.41, 5.74) is 0. The molecule has 0 bridgehead atoms. The fourth-order valence-electron chi connectivity index (χ4n) is 3.10. The molecule has 0 N–H and O–H groups in total. The Morgan fingerprint density at radius 1 is 0.476 bits per heavy atom. The van der Waals surface area contributed by atoms with Gasteiger partial charge in [0.25, 0.3) is 8.80 Å². The van der Waals surface area contributed by atoms with E-state index >= 15 is 0 Å². The number of alkyl halides is 6. The smallest absolute Gasteiger partial charge is 0.662 e. The maximum atomic E-state index is 12.1. The topological polar surface area (TPSA) is 42.3 Å². The number of hydrogen-bond donors (Lipinski definition) is 0. The van der Waals surface area contributed by atoms with Crippen molar-refractivity contribution >= 4 is 14.0 Å². The molecule has 1 rings (SSSR count). The fourth-order valence-corrected chi connectivity index (χ4v) is 4.83. The Hall–Kier alpha value is -0.103. The first kappa shape index (κ1) is 48.8. The van der Waals surface area contributed by atoms with Gasteiger partial charge in [-0.25, -0.2) is 12.1 Å². The largest absolute Gasteiger partial charge is 4.00 e. The molecule has 0 aliphatic rings. The van der Waals surface area contributed by atoms with Crippen molar-refractivity contribution in [3.63, 3.8) is 0 Å². The molecule has 0 aliphatic heterocycles. The van der Waals surface area contributed by atoms with E-state index in [9.17, 15) is 26.3 Å². The SMILES string of the molecule is CCCC[N-]CCCC.CCCC[N-]CCCC.CCCC[N-]CCCC.FC(F)(F)[SiH]([c-]1cccc1)C(F)(F)F.[Hf+4]. The van der Waals surface area contributed by atoms with Crippen LogP contribution < -0.4 is 5.19 Å². The zero-order valence-corrected chi connectivity index (χ0v) is 32.0. The molecule has 0 fully saturated rings. The summed E-state index contributed by atoms with van der Waals surface area (Å²) in [7, 11) is -4.92. The average Bonchev–Trinajstić information content (AvgIpc) is 3.42. The van der Waals surface area contributed by atoms with Gasteiger partial charge >= 0.3 is 37.4 Å². The van der Waals surface area contributed by atoms with Gasteiger partial charge in [-0.05, 0) is 0 Å². The molecule has 0 unspecified atom stereocenters. The van der Waals surface area contributed by atoms with E-state index in [0.717, 1.165) is 51.4 Å². The van der Waals surface area contributed by atoms with Crippen LogP contribution in [0.2, 0.25) is 0 Å². The summed E-state index contributed by atoms with van der Waals surface area (Å²) >= 11 is 0. The van der Waals surface area contributed by atoms with E-state index in [1.807, 2.05) is 0 Å². The maximum absolute atomic E-state index is 12.1. The van der Waals surface area contributed by atoms with Gasteiger partial charge in [-0.15, -0.1) is 44.5 Å². The van der Waals surface area contributed by atoms with Gasteiger partial charge in [-0.1, -0.05) is 119 Å². The van der Waals surface area contributed by atoms with Crippen molar-refractivity contribution in [3.8, 4) is 0 Å². The van der Waals surface area contributed by atoms with Gasteiger partial charge in [0, 0.05) is 0 Å². The number of halogens is 6. The first-order valence-electron chi connectivity index (χ1n) is 15.7. The molecule has 0 saturated heterocycles. The summed E-state index contributed by atoms with van der Waals surface area (Å²) < 4.78 is 72.7. The van der Waals surface area contributed by atoms with Gasteiger partial charge in [0.05, 0.1) is 0 Å². The summed E-state index contributed by atoms with van der Waals surface area (Å²) in [4.78, 5) is 0. The second-order valence-corrected chi connectivity index (χ2v) is 12.7. The van der Waals surface area contributed by atoms with Crippen molar-refractivity contribution in [1.82, 2.24) is 0 Å². The van der Waals surface area contributed by atoms with Crippen LogP contribution >= 0.6 is 0 Å². The first-order chi connectivity index (χ1) is 19.5. The Bertz CT molecular complexity index is 537. The van der Waals surface area contributed by atoms with Crippen LogP contribution in [-0.2, 0) is 25.8 Å². The minimum Gasteiger partial charge on any atom is -0.662 e. The quantitative estimate of drug-likeness (QED) is 0.0580. The number of rotatable bonds is 19. The van der Waals surface area contributed by atoms with Crippen LogP contribution in [0.4, 0.5) is 26.3 Å². The van der Waals surface area contributed by atoms with E-state index in [4.69, 9.17) is 0 Å². The predicted octanol–water partition coefficient (Wildman–Crippen LogP) is 10.9. The molecule has 0 radical (unpaired) electrons. The van der Waals surface area contributed by atoms with E-state index in [-0.39, 0.29) is 25.8 Å². The van der Waals surface area contributed by atoms with E-state index in [2.05, 4.69) is 57.5 Å². The van der Waals surface area contributed by atoms with E-state index in [1.165, 1.54) is 89.2 Å². The normalized spacial score (nSPS) is 11.0. The monoisotopic (exact) mass is 795 g/mol. The van der Waals surface area contributed by atoms with Crippen molar-refractivity contribution < 1.29 is 52.2 Å². The Balaban J connectivity index is -0.000000233. The standard InChI is InChI=1S/3C8H18N.C7H5F6Si.Hf/c3*1-3-5-7-9-8-6-4-2;8-6(9,10)14(7(11,12)13)5-3-1-2-4-5;/h3*3-8H2,1-2H3;1-4,14H;/q4*-1;+4. The third-order valence-corrected chi connectivity index (χ3v) is 8.06. The fraction of sp³-hybridized carbons (Fsp3) is 0.839. The van der Waals surface area contributed by atoms with Crippen LogP contribution in [-0.4, -0.2) is 59.7 Å². The molecule has 0 aliphatic carbocycles. The zero-order valence-electron chi connectivity index (χ0n) is 27.2. The zero-order chi connectivity index (χ0) is 31.8. The minimum atomic E-state index is -5.16. The maximum Gasteiger partial charge on any atom is 4.00 e. The van der Waals surface area contributed by atoms with Gasteiger partial charge in [0.2, 0.25) is 0 Å². The third-order valence-electron chi connectivity index (χ3n) is 5.70. The van der Waals surface area contributed by atoms with E-state index in [1.54, 1.807) is 0 Å². The molecule has 1 aromatic carbocycles. The summed E-state index contributed by atoms with van der Waals surface area (Å²) in [6, 6.07) is 4.09. The summed E-state index contributed by atoms with van der Waals surface area (Å²) in [5.74, 6) is -10.3. The average molecular weight is 794 g/mol. The third kappa shape index (κ3) is 36.1. The molecule has 0 atom stereocenters. The number of unbranched alkanes of at least 4 members (excludes halogenated alkanes) is 6. The Kier molecular flexibility index (Phi) is 41.1. The van der Waals surface area contributed by atoms with Crippen LogP contribution in [0.25, 0.3) is 16.0 Å². The van der Waals surface area contributed by atoms with Crippen LogP contribution in [0.3, 0.4) is 0 Å². The van der Waals surface area contributed by atoms with Crippen LogP contribution in [0.15, 0.2) is 24.3 Å². The van der Waals surface area contributed by atoms with Gasteiger partial charge in [-0.2, -0.15) is 38.5 Å². The van der Waals surface area contributed by atoms with Crippen molar-refractivity contribution in [2.75, 3.05) is 39.3 Å². The molecule has 0 aromatic heterocycles. The predicted molar refractivity (Wildman–Crippen MR) is 170 cm³/mol. The molecule has 11 heteroatoms. The van der Waals surface area contributed by atoms with Gasteiger partial charge in [0.15, 0.2) is 0 Å². The van der Waals surface area contributed by atoms with Crippen LogP contribution in [0, 0.1) is 0 Å². The summed E-state index contributed by atoms with van der Waals surface area (Å²) in [5, 5.41) is 12.4. The van der Waals surface area contributed by atoms with Gasteiger partial charge in [0.1, 0.15) is 0 Å². The molecule has 248 valence electrons. The summed E-state index contributed by atoms with van der Waals surface area (Å²) in [6.07, 6.45) is 15.2. The molecule has 0 saturated carbocycles. The molecular weight excluding hydrogens is 735 g/mol. The van der Waals surface area contributed by atoms with E-state index in [0.29, 0.717) is 0 Å². The number of hydrogen-bond acceptors (Lipinski definition) is 0. The second-order valence-electron chi connectivity index (χ2n) is 9.87. The number of nitrogens with zero attached hydrogens (tertiary/aromatic N) is 3. The molecular formula is C31H59F6HfN3Si. The molecule has 0 spiro atoms. The molecule has 0 heterocycles. The minimum absolute atomic E-state index is 0. The van der Waals surface area contributed by atoms with Gasteiger partial charge < -0.3 is 16.0 Å². The van der Waals surface area contributed by atoms with Crippen molar-refractivity contribution in [1.29, 1.82) is 0 Å². The Morgan fingerprint density at radius 3 is 0.857 bits per heavy atom. The van der Waals surface area contributed by atoms with Crippen molar-refractivity contribution in [2.24, 2.45) is 0 Å². The molecule has 0 amide bonds. The van der Waals surface area contributed by atoms with Crippen molar-refractivity contribution in [2.45, 2.75) is 130 Å². The molecule has 1 aromatic rings. The second kappa shape index (κ2) is 35.4.